The van der Waals surface area contributed by atoms with E-state index in [1.165, 1.54) is 47.5 Å². The van der Waals surface area contributed by atoms with Crippen molar-refractivity contribution in [3.05, 3.63) is 129 Å². The first-order valence-corrected chi connectivity index (χ1v) is 22.9. The van der Waals surface area contributed by atoms with E-state index in [0.29, 0.717) is 43.5 Å². The molecule has 0 fully saturated rings. The minimum absolute atomic E-state index is 0. The summed E-state index contributed by atoms with van der Waals surface area (Å²) in [6.45, 7) is 18.8. The van der Waals surface area contributed by atoms with Gasteiger partial charge < -0.3 is 33.4 Å². The Bertz CT molecular complexity index is 2610. The number of Topliss-reactive ketones (excluding diaryl/α,β-unsaturated/α-hetero) is 6. The van der Waals surface area contributed by atoms with Crippen LogP contribution in [0.25, 0.3) is 0 Å². The summed E-state index contributed by atoms with van der Waals surface area (Å²) < 4.78 is 0. The fraction of sp³-hybridized carbons (Fsp3) is 0.429. The molecule has 0 saturated carbocycles. The maximum Gasteiger partial charge on any atom is 0.174 e. The molecule has 0 spiro atoms. The van der Waals surface area contributed by atoms with Gasteiger partial charge in [0, 0.05) is 173 Å². The van der Waals surface area contributed by atoms with Crippen LogP contribution in [0.1, 0.15) is 119 Å². The third kappa shape index (κ3) is 12.1. The number of carbonyl (C=O) groups excluding carboxylic acids is 6. The Kier molecular flexibility index (Phi) is 20.6. The van der Waals surface area contributed by atoms with Gasteiger partial charge in [0.05, 0.1) is 11.3 Å². The van der Waals surface area contributed by atoms with Crippen LogP contribution < -0.4 is 19.6 Å². The van der Waals surface area contributed by atoms with Gasteiger partial charge >= 0.3 is 0 Å². The van der Waals surface area contributed by atoms with E-state index in [-0.39, 0.29) is 100 Å². The van der Waals surface area contributed by atoms with Gasteiger partial charge in [-0.1, -0.05) is 0 Å². The summed E-state index contributed by atoms with van der Waals surface area (Å²) in [5.74, 6) is 0.0442. The molecule has 358 valence electrons. The fourth-order valence-electron chi connectivity index (χ4n) is 9.86. The third-order valence-electron chi connectivity index (χ3n) is 13.8. The van der Waals surface area contributed by atoms with Gasteiger partial charge in [-0.05, 0) is 166 Å². The Morgan fingerprint density at radius 2 is 0.941 bits per heavy atom. The third-order valence-corrected chi connectivity index (χ3v) is 13.8. The molecule has 12 heteroatoms. The van der Waals surface area contributed by atoms with Crippen LogP contribution in [0, 0.1) is 58.8 Å². The zero-order valence-electron chi connectivity index (χ0n) is 43.0. The number of anilines is 4. The minimum atomic E-state index is -0.931. The average Bonchev–Trinajstić information content (AvgIpc) is 3.96. The molecule has 68 heavy (non-hydrogen) atoms. The molecule has 3 atom stereocenters. The molecule has 0 heterocycles. The molecule has 4 aromatic rings. The van der Waals surface area contributed by atoms with Gasteiger partial charge in [-0.2, -0.15) is 12.8 Å². The van der Waals surface area contributed by atoms with Gasteiger partial charge in [0.15, 0.2) is 23.1 Å². The summed E-state index contributed by atoms with van der Waals surface area (Å²) in [6.07, 6.45) is 4.53. The smallest absolute Gasteiger partial charge is 0.174 e. The van der Waals surface area contributed by atoms with Crippen molar-refractivity contribution >= 4 is 57.4 Å². The Balaban J connectivity index is 0.000000239. The molecule has 0 aliphatic heterocycles. The van der Waals surface area contributed by atoms with Crippen LogP contribution in [-0.2, 0) is 101 Å². The Hall–Kier alpha value is -3.69. The normalized spacial score (nSPS) is 17.9. The number of aryl methyl sites for hydroxylation is 5. The summed E-state index contributed by atoms with van der Waals surface area (Å²) in [5.41, 5.74) is 15.8. The number of rotatable bonds is 8. The van der Waals surface area contributed by atoms with E-state index in [4.69, 9.17) is 0 Å². The first-order chi connectivity index (χ1) is 30.9. The first-order valence-electron chi connectivity index (χ1n) is 22.9. The van der Waals surface area contributed by atoms with Gasteiger partial charge in [-0.25, -0.2) is 0 Å². The first kappa shape index (κ1) is 58.6. The van der Waals surface area contributed by atoms with Crippen molar-refractivity contribution in [2.24, 2.45) is 17.3 Å². The number of fused-ring (bicyclic) bond motifs is 4. The van der Waals surface area contributed by atoms with Crippen molar-refractivity contribution in [3.8, 4) is 0 Å². The molecule has 4 aliphatic rings. The van der Waals surface area contributed by atoms with E-state index in [1.807, 2.05) is 116 Å². The fourth-order valence-corrected chi connectivity index (χ4v) is 9.86. The second-order valence-electron chi connectivity index (χ2n) is 19.4. The molecule has 4 aromatic carbocycles. The molecular formula is C56H70N4O6Y2-2. The SMILES string of the molecule is CC(=O)C1Cc2cc(N(C)C)c(C)cc2C1=O.Cc1cc2c(cc1N(C)C)CCC2=O.[CH2-]CC1(C(C)=O)Cc2cc(N(C)C)c(C)cc2C1=O.[CH2-]CC1Cc2cc(N(C)C)c(C)cc2C1=O.[Y].[Y]. The number of ketones is 6. The van der Waals surface area contributed by atoms with Gasteiger partial charge in [0.1, 0.15) is 11.6 Å². The standard InChI is InChI=1S/C16H20NO2.C14H17NO2.C14H18NO.C12H15NO.2Y/c1-6-16(11(3)18)9-12-8-14(17(4)5)10(2)7-13(12)15(16)19;1-8-5-12-10(7-13(8)15(3)4)6-11(9(2)16)14(12)17;1-5-10-7-11-8-13(15(3)4)9(2)6-12(11)14(10)16;1-8-6-10-9(4-5-12(10)14)7-11(8)13(2)3;;/h7-8H,1,6,9H2,2-5H3;5,7,11H,6H2,1-4H3;6,8,10H,1,5,7H2,2-4H3;6-7H,4-5H2,1-3H3;;/q-1;;-1;;;. The largest absolute Gasteiger partial charge is 0.377 e. The van der Waals surface area contributed by atoms with Crippen LogP contribution in [0.4, 0.5) is 22.7 Å². The summed E-state index contributed by atoms with van der Waals surface area (Å²) in [5, 5.41) is 0. The van der Waals surface area contributed by atoms with Crippen molar-refractivity contribution in [2.45, 2.75) is 86.5 Å². The van der Waals surface area contributed by atoms with Crippen molar-refractivity contribution in [2.75, 3.05) is 76.0 Å². The number of nitrogens with zero attached hydrogens (tertiary/aromatic N) is 4. The summed E-state index contributed by atoms with van der Waals surface area (Å²) >= 11 is 0. The van der Waals surface area contributed by atoms with E-state index in [1.54, 1.807) is 0 Å². The van der Waals surface area contributed by atoms with Gasteiger partial charge in [-0.3, -0.25) is 28.8 Å². The molecule has 0 aromatic heterocycles. The Morgan fingerprint density at radius 3 is 1.35 bits per heavy atom. The monoisotopic (exact) mass is 1070 g/mol. The molecule has 0 amide bonds. The predicted octanol–water partition coefficient (Wildman–Crippen LogP) is 9.43. The number of hydrogen-bond donors (Lipinski definition) is 0. The second-order valence-corrected chi connectivity index (χ2v) is 19.4. The second kappa shape index (κ2) is 23.9. The molecular weight excluding hydrogens is 1000 g/mol. The Labute approximate surface area is 456 Å². The maximum atomic E-state index is 12.6. The van der Waals surface area contributed by atoms with Gasteiger partial charge in [0.25, 0.3) is 0 Å². The van der Waals surface area contributed by atoms with Gasteiger partial charge in [0.2, 0.25) is 0 Å². The van der Waals surface area contributed by atoms with E-state index < -0.39 is 11.3 Å². The molecule has 4 aliphatic carbocycles. The summed E-state index contributed by atoms with van der Waals surface area (Å²) in [4.78, 5) is 79.6. The van der Waals surface area contributed by atoms with E-state index >= 15 is 0 Å². The minimum Gasteiger partial charge on any atom is -0.377 e. The average molecular weight is 1070 g/mol. The van der Waals surface area contributed by atoms with E-state index in [9.17, 15) is 28.8 Å². The molecule has 8 rings (SSSR count). The predicted molar refractivity (Wildman–Crippen MR) is 270 cm³/mol. The summed E-state index contributed by atoms with van der Waals surface area (Å²) in [7, 11) is 16.0. The van der Waals surface area contributed by atoms with Crippen LogP contribution in [-0.4, -0.2) is 91.1 Å². The number of hydrogen-bond acceptors (Lipinski definition) is 10. The zero-order valence-corrected chi connectivity index (χ0v) is 48.7. The zero-order chi connectivity index (χ0) is 49.3. The number of carbonyl (C=O) groups is 6. The Morgan fingerprint density at radius 1 is 0.544 bits per heavy atom. The van der Waals surface area contributed by atoms with E-state index in [0.717, 1.165) is 63.2 Å². The van der Waals surface area contributed by atoms with Crippen molar-refractivity contribution in [3.63, 3.8) is 0 Å². The molecule has 0 saturated heterocycles. The van der Waals surface area contributed by atoms with Crippen LogP contribution in [0.3, 0.4) is 0 Å². The van der Waals surface area contributed by atoms with Crippen molar-refractivity contribution < 1.29 is 94.2 Å². The molecule has 3 unspecified atom stereocenters. The van der Waals surface area contributed by atoms with Crippen LogP contribution >= 0.6 is 0 Å². The molecule has 2 radical (unpaired) electrons. The molecule has 0 N–H and O–H groups in total. The number of benzene rings is 4. The topological polar surface area (TPSA) is 115 Å². The molecule has 10 nitrogen and oxygen atoms in total. The maximum absolute atomic E-state index is 12.6. The van der Waals surface area contributed by atoms with Crippen LogP contribution in [0.2, 0.25) is 0 Å². The summed E-state index contributed by atoms with van der Waals surface area (Å²) in [6, 6.07) is 16.2. The van der Waals surface area contributed by atoms with Crippen LogP contribution in [0.5, 0.6) is 0 Å². The van der Waals surface area contributed by atoms with Crippen molar-refractivity contribution in [1.29, 1.82) is 0 Å². The van der Waals surface area contributed by atoms with Crippen LogP contribution in [0.15, 0.2) is 48.5 Å². The quantitative estimate of drug-likeness (QED) is 0.125. The molecule has 0 bridgehead atoms. The van der Waals surface area contributed by atoms with Gasteiger partial charge in [-0.15, -0.1) is 0 Å². The van der Waals surface area contributed by atoms with Crippen molar-refractivity contribution in [1.82, 2.24) is 0 Å². The van der Waals surface area contributed by atoms with E-state index in [2.05, 4.69) is 49.6 Å².